The van der Waals surface area contributed by atoms with Crippen LogP contribution < -0.4 is 5.73 Å². The Bertz CT molecular complexity index is 374. The zero-order chi connectivity index (χ0) is 11.5. The number of halogens is 3. The molecule has 1 unspecified atom stereocenters. The van der Waals surface area contributed by atoms with E-state index in [9.17, 15) is 0 Å². The van der Waals surface area contributed by atoms with Crippen molar-refractivity contribution in [3.8, 4) is 0 Å². The van der Waals surface area contributed by atoms with Gasteiger partial charge < -0.3 is 5.73 Å². The van der Waals surface area contributed by atoms with Gasteiger partial charge in [0.2, 0.25) is 0 Å². The van der Waals surface area contributed by atoms with E-state index in [0.29, 0.717) is 6.04 Å². The van der Waals surface area contributed by atoms with Crippen molar-refractivity contribution in [2.24, 2.45) is 5.73 Å². The van der Waals surface area contributed by atoms with Crippen molar-refractivity contribution in [2.75, 3.05) is 13.1 Å². The third-order valence-corrected chi connectivity index (χ3v) is 3.92. The molecule has 1 heterocycles. The number of piperidine rings is 1. The van der Waals surface area contributed by atoms with Gasteiger partial charge in [0.1, 0.15) is 0 Å². The Hall–Kier alpha value is 0.200. The molecule has 0 saturated carbocycles. The minimum atomic E-state index is 0. The highest BCUT2D eigenvalue weighted by Crippen LogP contribution is 2.23. The Morgan fingerprint density at radius 2 is 2.24 bits per heavy atom. The molecule has 0 aromatic heterocycles. The molecular formula is C12H17BrCl2N2. The summed E-state index contributed by atoms with van der Waals surface area (Å²) in [6.45, 7) is 3.09. The third-order valence-electron chi connectivity index (χ3n) is 2.95. The lowest BCUT2D eigenvalue weighted by molar-refractivity contribution is 0.201. The minimum Gasteiger partial charge on any atom is -0.327 e. The van der Waals surface area contributed by atoms with Gasteiger partial charge in [-0.25, -0.2) is 0 Å². The molecule has 1 atom stereocenters. The summed E-state index contributed by atoms with van der Waals surface area (Å²) in [4.78, 5) is 2.40. The van der Waals surface area contributed by atoms with Gasteiger partial charge >= 0.3 is 0 Å². The number of rotatable bonds is 2. The average molecular weight is 340 g/mol. The van der Waals surface area contributed by atoms with Crippen LogP contribution in [0.4, 0.5) is 0 Å². The minimum absolute atomic E-state index is 0. The first-order valence-electron chi connectivity index (χ1n) is 5.57. The fourth-order valence-electron chi connectivity index (χ4n) is 2.13. The van der Waals surface area contributed by atoms with Crippen molar-refractivity contribution >= 4 is 39.9 Å². The number of hydrogen-bond donors (Lipinski definition) is 1. The predicted octanol–water partition coefficient (Wildman–Crippen LogP) is 3.45. The summed E-state index contributed by atoms with van der Waals surface area (Å²) in [5, 5.41) is 0.769. The van der Waals surface area contributed by atoms with Gasteiger partial charge in [-0.1, -0.05) is 33.6 Å². The summed E-state index contributed by atoms with van der Waals surface area (Å²) in [7, 11) is 0. The Kier molecular flexibility index (Phi) is 6.24. The predicted molar refractivity (Wildman–Crippen MR) is 78.9 cm³/mol. The first kappa shape index (κ1) is 15.3. The molecule has 0 bridgehead atoms. The van der Waals surface area contributed by atoms with Crippen molar-refractivity contribution in [3.05, 3.63) is 33.3 Å². The maximum atomic E-state index is 5.97. The van der Waals surface area contributed by atoms with Gasteiger partial charge in [0.05, 0.1) is 0 Å². The van der Waals surface area contributed by atoms with E-state index in [1.165, 1.54) is 12.0 Å². The largest absolute Gasteiger partial charge is 0.327 e. The van der Waals surface area contributed by atoms with Gasteiger partial charge in [-0.15, -0.1) is 12.4 Å². The van der Waals surface area contributed by atoms with Crippen LogP contribution in [0.25, 0.3) is 0 Å². The van der Waals surface area contributed by atoms with Gasteiger partial charge in [0.15, 0.2) is 0 Å². The normalized spacial score (nSPS) is 21.0. The first-order valence-corrected chi connectivity index (χ1v) is 6.74. The van der Waals surface area contributed by atoms with Gasteiger partial charge in [-0.2, -0.15) is 0 Å². The van der Waals surface area contributed by atoms with Gasteiger partial charge in [0, 0.05) is 28.6 Å². The van der Waals surface area contributed by atoms with Crippen molar-refractivity contribution in [3.63, 3.8) is 0 Å². The summed E-state index contributed by atoms with van der Waals surface area (Å²) in [6, 6.07) is 6.29. The van der Waals surface area contributed by atoms with E-state index in [1.54, 1.807) is 0 Å². The Balaban J connectivity index is 0.00000144. The maximum Gasteiger partial charge on any atom is 0.0417 e. The van der Waals surface area contributed by atoms with Crippen molar-refractivity contribution < 1.29 is 0 Å². The molecule has 17 heavy (non-hydrogen) atoms. The molecule has 5 heteroatoms. The van der Waals surface area contributed by atoms with E-state index in [-0.39, 0.29) is 12.4 Å². The molecule has 1 aromatic rings. The second-order valence-corrected chi connectivity index (χ2v) is 5.66. The van der Waals surface area contributed by atoms with Gasteiger partial charge in [-0.3, -0.25) is 4.90 Å². The SMILES string of the molecule is Cl.NC1CCCN(Cc2ccc(Cl)cc2Br)C1. The lowest BCUT2D eigenvalue weighted by atomic mass is 10.1. The molecule has 96 valence electrons. The summed E-state index contributed by atoms with van der Waals surface area (Å²) in [5.41, 5.74) is 7.24. The quantitative estimate of drug-likeness (QED) is 0.894. The zero-order valence-corrected chi connectivity index (χ0v) is 12.7. The van der Waals surface area contributed by atoms with Crippen LogP contribution in [0, 0.1) is 0 Å². The van der Waals surface area contributed by atoms with Crippen LogP contribution >= 0.6 is 39.9 Å². The topological polar surface area (TPSA) is 29.3 Å². The van der Waals surface area contributed by atoms with Crippen molar-refractivity contribution in [1.82, 2.24) is 4.90 Å². The molecule has 1 aromatic carbocycles. The van der Waals surface area contributed by atoms with Crippen LogP contribution in [-0.4, -0.2) is 24.0 Å². The van der Waals surface area contributed by atoms with Crippen LogP contribution in [0.1, 0.15) is 18.4 Å². The van der Waals surface area contributed by atoms with Crippen LogP contribution in [0.15, 0.2) is 22.7 Å². The molecule has 2 N–H and O–H groups in total. The first-order chi connectivity index (χ1) is 7.65. The lowest BCUT2D eigenvalue weighted by Crippen LogP contribution is -2.42. The Morgan fingerprint density at radius 3 is 2.88 bits per heavy atom. The van der Waals surface area contributed by atoms with E-state index in [0.717, 1.165) is 35.6 Å². The lowest BCUT2D eigenvalue weighted by Gasteiger charge is -2.30. The van der Waals surface area contributed by atoms with Crippen LogP contribution in [0.2, 0.25) is 5.02 Å². The number of benzene rings is 1. The van der Waals surface area contributed by atoms with Crippen LogP contribution in [0.5, 0.6) is 0 Å². The summed E-state index contributed by atoms with van der Waals surface area (Å²) in [5.74, 6) is 0. The Labute approximate surface area is 122 Å². The van der Waals surface area contributed by atoms with Crippen molar-refractivity contribution in [1.29, 1.82) is 0 Å². The summed E-state index contributed by atoms with van der Waals surface area (Å²) < 4.78 is 1.08. The van der Waals surface area contributed by atoms with E-state index >= 15 is 0 Å². The monoisotopic (exact) mass is 338 g/mol. The van der Waals surface area contributed by atoms with E-state index in [1.807, 2.05) is 12.1 Å². The number of likely N-dealkylation sites (tertiary alicyclic amines) is 1. The highest BCUT2D eigenvalue weighted by atomic mass is 79.9. The fourth-order valence-corrected chi connectivity index (χ4v) is 2.93. The molecule has 2 rings (SSSR count). The molecule has 1 fully saturated rings. The number of hydrogen-bond acceptors (Lipinski definition) is 2. The van der Waals surface area contributed by atoms with E-state index in [2.05, 4.69) is 26.9 Å². The molecule has 2 nitrogen and oxygen atoms in total. The second-order valence-electron chi connectivity index (χ2n) is 4.37. The molecule has 1 saturated heterocycles. The average Bonchev–Trinajstić information content (AvgIpc) is 2.22. The van der Waals surface area contributed by atoms with E-state index < -0.39 is 0 Å². The second kappa shape index (κ2) is 6.95. The van der Waals surface area contributed by atoms with Crippen molar-refractivity contribution in [2.45, 2.75) is 25.4 Å². The Morgan fingerprint density at radius 1 is 1.47 bits per heavy atom. The molecule has 0 radical (unpaired) electrons. The van der Waals surface area contributed by atoms with Gasteiger partial charge in [-0.05, 0) is 37.1 Å². The molecule has 0 aliphatic carbocycles. The number of nitrogens with zero attached hydrogens (tertiary/aromatic N) is 1. The highest BCUT2D eigenvalue weighted by Gasteiger charge is 2.17. The molecule has 0 amide bonds. The van der Waals surface area contributed by atoms with Crippen LogP contribution in [-0.2, 0) is 6.54 Å². The highest BCUT2D eigenvalue weighted by molar-refractivity contribution is 9.10. The van der Waals surface area contributed by atoms with E-state index in [4.69, 9.17) is 17.3 Å². The summed E-state index contributed by atoms with van der Waals surface area (Å²) in [6.07, 6.45) is 2.35. The van der Waals surface area contributed by atoms with Gasteiger partial charge in [0.25, 0.3) is 0 Å². The summed E-state index contributed by atoms with van der Waals surface area (Å²) >= 11 is 9.47. The molecule has 0 spiro atoms. The molecule has 1 aliphatic heterocycles. The smallest absolute Gasteiger partial charge is 0.0417 e. The third kappa shape index (κ3) is 4.42. The zero-order valence-electron chi connectivity index (χ0n) is 9.53. The standard InChI is InChI=1S/C12H16BrClN2.ClH/c13-12-6-10(14)4-3-9(12)7-16-5-1-2-11(15)8-16;/h3-4,6,11H,1-2,5,7-8,15H2;1H. The number of nitrogens with two attached hydrogens (primary N) is 1. The fraction of sp³-hybridized carbons (Fsp3) is 0.500. The molecule has 1 aliphatic rings. The molecular weight excluding hydrogens is 323 g/mol. The maximum absolute atomic E-state index is 5.97. The van der Waals surface area contributed by atoms with Crippen LogP contribution in [0.3, 0.4) is 0 Å².